The van der Waals surface area contributed by atoms with Crippen molar-refractivity contribution in [1.29, 1.82) is 0 Å². The Labute approximate surface area is 338 Å². The first-order valence-electron chi connectivity index (χ1n) is 23.7. The van der Waals surface area contributed by atoms with Gasteiger partial charge in [0.25, 0.3) is 0 Å². The van der Waals surface area contributed by atoms with Crippen molar-refractivity contribution in [3.05, 3.63) is 0 Å². The highest BCUT2D eigenvalue weighted by Gasteiger charge is 2.28. The lowest BCUT2D eigenvalue weighted by Gasteiger charge is -2.35. The van der Waals surface area contributed by atoms with Gasteiger partial charge in [-0.3, -0.25) is 9.35 Å². The monoisotopic (exact) mass is 790 g/mol. The minimum Gasteiger partial charge on any atom is -0.465 e. The van der Waals surface area contributed by atoms with E-state index in [2.05, 4.69) is 25.0 Å². The van der Waals surface area contributed by atoms with Crippen molar-refractivity contribution in [2.75, 3.05) is 19.8 Å². The van der Waals surface area contributed by atoms with Gasteiger partial charge in [-0.15, -0.1) is 0 Å². The van der Waals surface area contributed by atoms with Gasteiger partial charge in [0.1, 0.15) is 0 Å². The number of carbonyl (C=O) groups excluding carboxylic acids is 1. The Morgan fingerprint density at radius 2 is 0.722 bits per heavy atom. The fourth-order valence-corrected chi connectivity index (χ4v) is 8.18. The topological polar surface area (TPSA) is 116 Å². The van der Waals surface area contributed by atoms with Gasteiger partial charge in [-0.2, -0.15) is 8.42 Å². The number of hydrogen-bond acceptors (Lipinski definition) is 6. The molecule has 326 valence electrons. The molecule has 0 aliphatic heterocycles. The molecule has 0 unspecified atom stereocenters. The van der Waals surface area contributed by atoms with E-state index in [-0.39, 0.29) is 19.1 Å². The molecule has 0 saturated carbocycles. The number of nitrogens with two attached hydrogens (primary N) is 1. The molecule has 0 aromatic carbocycles. The zero-order valence-electron chi connectivity index (χ0n) is 36.8. The third-order valence-corrected chi connectivity index (χ3v) is 11.8. The van der Waals surface area contributed by atoms with E-state index in [0.717, 1.165) is 6.42 Å². The van der Waals surface area contributed by atoms with E-state index in [1.54, 1.807) is 0 Å². The molecule has 0 bridgehead atoms. The van der Waals surface area contributed by atoms with Gasteiger partial charge < -0.3 is 10.5 Å². The van der Waals surface area contributed by atoms with Gasteiger partial charge in [0.2, 0.25) is 0 Å². The lowest BCUT2D eigenvalue weighted by Crippen LogP contribution is -2.22. The molecule has 0 saturated heterocycles. The average Bonchev–Trinajstić information content (AvgIpc) is 3.14. The number of rotatable bonds is 42. The van der Waals surface area contributed by atoms with Crippen molar-refractivity contribution < 1.29 is 26.7 Å². The maximum Gasteiger partial charge on any atom is 0.397 e. The van der Waals surface area contributed by atoms with Gasteiger partial charge in [-0.05, 0) is 44.4 Å². The molecule has 0 amide bonds. The Hall–Kier alpha value is -0.700. The summed E-state index contributed by atoms with van der Waals surface area (Å²) in [6, 6.07) is 0. The van der Waals surface area contributed by atoms with Gasteiger partial charge in [0.05, 0.1) is 19.8 Å². The maximum absolute atomic E-state index is 11.5. The van der Waals surface area contributed by atoms with Crippen LogP contribution in [0.15, 0.2) is 0 Å². The number of esters is 1. The van der Waals surface area contributed by atoms with E-state index in [1.807, 2.05) is 0 Å². The predicted octanol–water partition coefficient (Wildman–Crippen LogP) is 14.8. The molecule has 0 rings (SSSR count). The summed E-state index contributed by atoms with van der Waals surface area (Å²) in [5.41, 5.74) is 5.96. The van der Waals surface area contributed by atoms with Crippen LogP contribution in [0.1, 0.15) is 265 Å². The van der Waals surface area contributed by atoms with Crippen LogP contribution < -0.4 is 5.73 Å². The standard InChI is InChI=1S/C44H89NO2.C2H6O4S/c1-4-7-10-13-16-19-22-25-28-32-37-44(40-35-31-36-41-47-43(46)42-45,38-33-29-26-23-20-17-14-11-8-5-2)39-34-30-27-24-21-18-15-12-9-6-3;1-2-6-7(3,4)5/h4-42,45H2,1-3H3;2H2,1H3,(H,3,4,5). The van der Waals surface area contributed by atoms with Crippen LogP contribution in [0.25, 0.3) is 0 Å². The minimum atomic E-state index is -4.17. The second-order valence-corrected chi connectivity index (χ2v) is 17.5. The van der Waals surface area contributed by atoms with Crippen LogP contribution >= 0.6 is 0 Å². The van der Waals surface area contributed by atoms with Gasteiger partial charge in [0.15, 0.2) is 0 Å². The largest absolute Gasteiger partial charge is 0.465 e. The van der Waals surface area contributed by atoms with Crippen LogP contribution in [0.2, 0.25) is 0 Å². The summed E-state index contributed by atoms with van der Waals surface area (Å²) in [6.07, 6.45) is 52.0. The van der Waals surface area contributed by atoms with Gasteiger partial charge in [-0.25, -0.2) is 4.18 Å². The maximum atomic E-state index is 11.5. The Balaban J connectivity index is 0. The highest BCUT2D eigenvalue weighted by Crippen LogP contribution is 2.42. The van der Waals surface area contributed by atoms with E-state index in [9.17, 15) is 13.2 Å². The Morgan fingerprint density at radius 1 is 0.463 bits per heavy atom. The summed E-state index contributed by atoms with van der Waals surface area (Å²) in [5.74, 6) is -0.262. The molecule has 0 fully saturated rings. The fourth-order valence-electron chi connectivity index (χ4n) is 7.89. The molecular weight excluding hydrogens is 695 g/mol. The molecule has 0 aliphatic rings. The number of unbranched alkanes of at least 4 members (excludes halogenated alkanes) is 29. The Bertz CT molecular complexity index is 792. The predicted molar refractivity (Wildman–Crippen MR) is 233 cm³/mol. The van der Waals surface area contributed by atoms with Crippen LogP contribution in [-0.2, 0) is 24.1 Å². The van der Waals surface area contributed by atoms with Gasteiger partial charge >= 0.3 is 16.4 Å². The summed E-state index contributed by atoms with van der Waals surface area (Å²) >= 11 is 0. The molecule has 0 aliphatic carbocycles. The molecule has 8 heteroatoms. The third kappa shape index (κ3) is 44.0. The first-order chi connectivity index (χ1) is 26.2. The van der Waals surface area contributed by atoms with Crippen molar-refractivity contribution in [1.82, 2.24) is 0 Å². The second-order valence-electron chi connectivity index (χ2n) is 16.4. The first kappa shape index (κ1) is 55.4. The quantitative estimate of drug-likeness (QED) is 0.0359. The molecule has 0 heterocycles. The van der Waals surface area contributed by atoms with Crippen LogP contribution in [0, 0.1) is 5.41 Å². The van der Waals surface area contributed by atoms with E-state index >= 15 is 0 Å². The summed E-state index contributed by atoms with van der Waals surface area (Å²) in [6.45, 7) is 8.91. The Kier molecular flexibility index (Phi) is 44.5. The number of carbonyl (C=O) groups is 1. The second kappa shape index (κ2) is 43.4. The molecule has 0 spiro atoms. The van der Waals surface area contributed by atoms with Crippen LogP contribution in [0.3, 0.4) is 0 Å². The SMILES string of the molecule is CCCCCCCCCCCCC(CCCCCCCCCCCC)(CCCCCCCCCCCC)CCCCCOC(=O)CN.CCOS(=O)(=O)O. The smallest absolute Gasteiger partial charge is 0.397 e. The molecule has 7 nitrogen and oxygen atoms in total. The molecule has 0 aromatic rings. The molecule has 54 heavy (non-hydrogen) atoms. The fraction of sp³-hybridized carbons (Fsp3) is 0.978. The van der Waals surface area contributed by atoms with Gasteiger partial charge in [0, 0.05) is 0 Å². The molecule has 0 atom stereocenters. The van der Waals surface area contributed by atoms with E-state index in [0.29, 0.717) is 12.0 Å². The third-order valence-electron chi connectivity index (χ3n) is 11.2. The van der Waals surface area contributed by atoms with Crippen molar-refractivity contribution in [2.24, 2.45) is 11.1 Å². The van der Waals surface area contributed by atoms with Crippen molar-refractivity contribution in [2.45, 2.75) is 265 Å². The van der Waals surface area contributed by atoms with Crippen molar-refractivity contribution in [3.8, 4) is 0 Å². The summed E-state index contributed by atoms with van der Waals surface area (Å²) < 4.78 is 35.9. The van der Waals surface area contributed by atoms with Gasteiger partial charge in [-0.1, -0.05) is 226 Å². The summed E-state index contributed by atoms with van der Waals surface area (Å²) in [4.78, 5) is 11.5. The highest BCUT2D eigenvalue weighted by molar-refractivity contribution is 7.80. The summed E-state index contributed by atoms with van der Waals surface area (Å²) in [7, 11) is -4.17. The number of ether oxygens (including phenoxy) is 1. The summed E-state index contributed by atoms with van der Waals surface area (Å²) in [5, 5.41) is 0. The minimum absolute atomic E-state index is 0.000315. The molecule has 0 radical (unpaired) electrons. The normalized spacial score (nSPS) is 11.8. The zero-order valence-corrected chi connectivity index (χ0v) is 37.6. The average molecular weight is 790 g/mol. The molecule has 0 aromatic heterocycles. The van der Waals surface area contributed by atoms with Crippen LogP contribution in [-0.4, -0.2) is 38.7 Å². The van der Waals surface area contributed by atoms with Crippen LogP contribution in [0.4, 0.5) is 0 Å². The first-order valence-corrected chi connectivity index (χ1v) is 25.0. The van der Waals surface area contributed by atoms with Crippen molar-refractivity contribution >= 4 is 16.4 Å². The van der Waals surface area contributed by atoms with Crippen molar-refractivity contribution in [3.63, 3.8) is 0 Å². The van der Waals surface area contributed by atoms with Crippen LogP contribution in [0.5, 0.6) is 0 Å². The zero-order chi connectivity index (χ0) is 40.3. The van der Waals surface area contributed by atoms with E-state index in [4.69, 9.17) is 15.0 Å². The van der Waals surface area contributed by atoms with E-state index < -0.39 is 10.4 Å². The molecular formula is C46H95NO6S. The molecule has 3 N–H and O–H groups in total. The highest BCUT2D eigenvalue weighted by atomic mass is 32.3. The Morgan fingerprint density at radius 3 is 0.944 bits per heavy atom. The number of hydrogen-bond donors (Lipinski definition) is 2. The lowest BCUT2D eigenvalue weighted by atomic mass is 9.70. The lowest BCUT2D eigenvalue weighted by molar-refractivity contribution is -0.142. The van der Waals surface area contributed by atoms with E-state index in [1.165, 1.54) is 238 Å².